The van der Waals surface area contributed by atoms with Gasteiger partial charge >= 0.3 is 50.5 Å². The van der Waals surface area contributed by atoms with Crippen LogP contribution in [0.1, 0.15) is 0 Å². The predicted octanol–water partition coefficient (Wildman–Crippen LogP) is 0.877. The molecule has 0 spiro atoms. The van der Waals surface area contributed by atoms with Gasteiger partial charge in [0.2, 0.25) is 0 Å². The van der Waals surface area contributed by atoms with Crippen molar-refractivity contribution < 1.29 is 20.6 Å². The standard InChI is InChI=1S/C4H7NO.Mn/c1-6-4-2-3-5;/h2-3H,4H2,1H3;/b3-2+;. The van der Waals surface area contributed by atoms with Gasteiger partial charge in [0.1, 0.15) is 0 Å². The number of rotatable bonds is 3. The van der Waals surface area contributed by atoms with Crippen LogP contribution < -0.4 is 0 Å². The Bertz CT molecular complexity index is 72.1. The van der Waals surface area contributed by atoms with E-state index in [0.29, 0.717) is 6.61 Å². The normalized spacial score (nSPS) is 9.86. The summed E-state index contributed by atoms with van der Waals surface area (Å²) in [5.41, 5.74) is 0. The molecule has 0 fully saturated rings. The van der Waals surface area contributed by atoms with Gasteiger partial charge in [0, 0.05) is 0 Å². The summed E-state index contributed by atoms with van der Waals surface area (Å²) in [7, 11) is 1.64. The molecule has 0 aliphatic rings. The molecule has 0 aromatic heterocycles. The van der Waals surface area contributed by atoms with Crippen molar-refractivity contribution in [3.05, 3.63) is 12.3 Å². The van der Waals surface area contributed by atoms with Gasteiger partial charge in [0.25, 0.3) is 0 Å². The fourth-order valence-corrected chi connectivity index (χ4v) is 0.304. The monoisotopic (exact) mass is 140 g/mol. The summed E-state index contributed by atoms with van der Waals surface area (Å²) in [5, 5.41) is 0. The molecule has 41 valence electrons. The van der Waals surface area contributed by atoms with E-state index in [1.165, 1.54) is 0 Å². The molecular formula is C4H7MnNO. The molecule has 0 aliphatic heterocycles. The van der Waals surface area contributed by atoms with E-state index in [-0.39, 0.29) is 0 Å². The maximum absolute atomic E-state index is 4.68. The molecule has 0 radical (unpaired) electrons. The van der Waals surface area contributed by atoms with E-state index >= 15 is 0 Å². The van der Waals surface area contributed by atoms with E-state index in [0.717, 1.165) is 0 Å². The van der Waals surface area contributed by atoms with Crippen LogP contribution in [0.15, 0.2) is 16.2 Å². The molecule has 0 aromatic rings. The van der Waals surface area contributed by atoms with Crippen LogP contribution in [-0.2, 0) is 20.6 Å². The van der Waals surface area contributed by atoms with Crippen molar-refractivity contribution in [2.75, 3.05) is 13.7 Å². The molecular weight excluding hydrogens is 133 g/mol. The van der Waals surface area contributed by atoms with Gasteiger partial charge in [-0.3, -0.25) is 0 Å². The molecule has 0 amide bonds. The van der Waals surface area contributed by atoms with Crippen LogP contribution in [0.4, 0.5) is 0 Å². The Morgan fingerprint density at radius 1 is 1.86 bits per heavy atom. The van der Waals surface area contributed by atoms with Crippen LogP contribution in [0.3, 0.4) is 0 Å². The van der Waals surface area contributed by atoms with Gasteiger partial charge in [-0.2, -0.15) is 0 Å². The number of nitrogens with zero attached hydrogens (tertiary/aromatic N) is 1. The first-order valence-electron chi connectivity index (χ1n) is 1.87. The van der Waals surface area contributed by atoms with Crippen molar-refractivity contribution in [2.24, 2.45) is 3.96 Å². The molecule has 0 bridgehead atoms. The van der Waals surface area contributed by atoms with Gasteiger partial charge < -0.3 is 0 Å². The zero-order valence-corrected chi connectivity index (χ0v) is 5.28. The van der Waals surface area contributed by atoms with Gasteiger partial charge in [0.15, 0.2) is 0 Å². The van der Waals surface area contributed by atoms with Gasteiger partial charge in [-0.05, 0) is 0 Å². The molecule has 2 nitrogen and oxygen atoms in total. The third kappa shape index (κ3) is 6.02. The summed E-state index contributed by atoms with van der Waals surface area (Å²) in [6, 6.07) is 0. The number of ether oxygens (including phenoxy) is 1. The summed E-state index contributed by atoms with van der Waals surface area (Å²) < 4.78 is 8.20. The molecule has 3 heteroatoms. The third-order valence-electron chi connectivity index (χ3n) is 0.425. The molecule has 0 aromatic carbocycles. The van der Waals surface area contributed by atoms with Crippen LogP contribution >= 0.6 is 0 Å². The minimum atomic E-state index is 0.620. The topological polar surface area (TPSA) is 21.6 Å². The van der Waals surface area contributed by atoms with Gasteiger partial charge in [-0.1, -0.05) is 0 Å². The maximum atomic E-state index is 4.68. The Hall–Kier alpha value is 0.0195. The average molecular weight is 140 g/mol. The van der Waals surface area contributed by atoms with Crippen LogP contribution in [0.2, 0.25) is 0 Å². The molecule has 0 saturated carbocycles. The molecule has 0 atom stereocenters. The Morgan fingerprint density at radius 3 is 3.00 bits per heavy atom. The number of hydrogen-bond donors (Lipinski definition) is 0. The first kappa shape index (κ1) is 7.02. The Labute approximate surface area is 51.2 Å². The van der Waals surface area contributed by atoms with E-state index in [1.807, 2.05) is 0 Å². The van der Waals surface area contributed by atoms with Crippen LogP contribution in [0, 0.1) is 0 Å². The fraction of sp³-hybridized carbons (Fsp3) is 0.500. The van der Waals surface area contributed by atoms with Crippen molar-refractivity contribution >= 4 is 0 Å². The van der Waals surface area contributed by atoms with Crippen LogP contribution in [0.5, 0.6) is 0 Å². The van der Waals surface area contributed by atoms with E-state index in [9.17, 15) is 0 Å². The fourth-order valence-electron chi connectivity index (χ4n) is 0.179. The molecule has 7 heavy (non-hydrogen) atoms. The van der Waals surface area contributed by atoms with Gasteiger partial charge in [0.05, 0.1) is 0 Å². The first-order valence-corrected chi connectivity index (χ1v) is 2.39. The number of hydrogen-bond acceptors (Lipinski definition) is 2. The second kappa shape index (κ2) is 6.02. The molecule has 0 aliphatic carbocycles. The summed E-state index contributed by atoms with van der Waals surface area (Å²) in [4.78, 5) is 0. The van der Waals surface area contributed by atoms with Crippen LogP contribution in [-0.4, -0.2) is 13.7 Å². The molecule has 0 N–H and O–H groups in total. The van der Waals surface area contributed by atoms with E-state index < -0.39 is 0 Å². The summed E-state index contributed by atoms with van der Waals surface area (Å²) >= 11 is 2.86. The van der Waals surface area contributed by atoms with Crippen molar-refractivity contribution in [2.45, 2.75) is 0 Å². The Kier molecular flexibility index (Phi) is 6.04. The van der Waals surface area contributed by atoms with Crippen molar-refractivity contribution in [3.63, 3.8) is 0 Å². The summed E-state index contributed by atoms with van der Waals surface area (Å²) in [6.45, 7) is 0.620. The molecule has 0 unspecified atom stereocenters. The zero-order chi connectivity index (χ0) is 5.54. The Balaban J connectivity index is 2.92. The summed E-state index contributed by atoms with van der Waals surface area (Å²) in [6.07, 6.45) is 3.43. The van der Waals surface area contributed by atoms with Crippen molar-refractivity contribution in [1.29, 1.82) is 0 Å². The Morgan fingerprint density at radius 2 is 2.57 bits per heavy atom. The van der Waals surface area contributed by atoms with Crippen molar-refractivity contribution in [3.8, 4) is 0 Å². The minimum absolute atomic E-state index is 0.620. The molecule has 0 rings (SSSR count). The van der Waals surface area contributed by atoms with Gasteiger partial charge in [-0.25, -0.2) is 0 Å². The second-order valence-electron chi connectivity index (χ2n) is 0.938. The zero-order valence-electron chi connectivity index (χ0n) is 4.10. The predicted molar refractivity (Wildman–Crippen MR) is 23.4 cm³/mol. The molecule has 0 heterocycles. The van der Waals surface area contributed by atoms with Crippen LogP contribution in [0.25, 0.3) is 0 Å². The van der Waals surface area contributed by atoms with Gasteiger partial charge in [-0.15, -0.1) is 0 Å². The van der Waals surface area contributed by atoms with E-state index in [1.54, 1.807) is 19.4 Å². The molecule has 0 saturated heterocycles. The van der Waals surface area contributed by atoms with E-state index in [4.69, 9.17) is 0 Å². The summed E-state index contributed by atoms with van der Waals surface area (Å²) in [5.74, 6) is 0. The first-order chi connectivity index (χ1) is 3.41. The number of methoxy groups -OCH3 is 1. The van der Waals surface area contributed by atoms with Crippen molar-refractivity contribution in [1.82, 2.24) is 0 Å². The van der Waals surface area contributed by atoms with E-state index in [2.05, 4.69) is 24.5 Å². The second-order valence-corrected chi connectivity index (χ2v) is 1.24. The average Bonchev–Trinajstić information content (AvgIpc) is 1.69. The SMILES string of the molecule is COC/C=C/[N]=[Mn]. The quantitative estimate of drug-likeness (QED) is 0.533. The third-order valence-corrected chi connectivity index (χ3v) is 0.601.